The molecule has 74 valence electrons. The minimum Gasteiger partial charge on any atom is -0.319 e. The topological polar surface area (TPSA) is 12.0 Å². The van der Waals surface area contributed by atoms with Gasteiger partial charge in [-0.05, 0) is 24.8 Å². The van der Waals surface area contributed by atoms with E-state index in [0.717, 1.165) is 12.5 Å². The van der Waals surface area contributed by atoms with Crippen molar-refractivity contribution < 1.29 is 0 Å². The number of hydrogen-bond donors (Lipinski definition) is 1. The van der Waals surface area contributed by atoms with Crippen molar-refractivity contribution in [3.63, 3.8) is 0 Å². The number of nitrogens with one attached hydrogen (secondary N) is 1. The summed E-state index contributed by atoms with van der Waals surface area (Å²) in [5.74, 6) is 0.833. The Hall–Kier alpha value is -0.0400. The fourth-order valence-electron chi connectivity index (χ4n) is 1.83. The third kappa shape index (κ3) is 3.14. The molecule has 0 radical (unpaired) electrons. The van der Waals surface area contributed by atoms with E-state index in [1.807, 2.05) is 7.05 Å². The standard InChI is InChI=1S/C11H25N/c1-6-8-10(3)11(4,7-2)9-12-5/h10,12H,6-9H2,1-5H3. The smallest absolute Gasteiger partial charge is 0.000461 e. The first-order chi connectivity index (χ1) is 5.60. The van der Waals surface area contributed by atoms with Crippen LogP contribution in [0.15, 0.2) is 0 Å². The molecule has 0 bridgehead atoms. The molecule has 1 nitrogen and oxygen atoms in total. The van der Waals surface area contributed by atoms with Crippen molar-refractivity contribution in [3.8, 4) is 0 Å². The van der Waals surface area contributed by atoms with Crippen molar-refractivity contribution in [3.05, 3.63) is 0 Å². The van der Waals surface area contributed by atoms with E-state index in [0.29, 0.717) is 5.41 Å². The molecule has 0 aliphatic carbocycles. The summed E-state index contributed by atoms with van der Waals surface area (Å²) in [5.41, 5.74) is 0.491. The monoisotopic (exact) mass is 171 g/mol. The quantitative estimate of drug-likeness (QED) is 0.647. The Morgan fingerprint density at radius 1 is 1.33 bits per heavy atom. The molecule has 2 atom stereocenters. The van der Waals surface area contributed by atoms with E-state index < -0.39 is 0 Å². The minimum atomic E-state index is 0.491. The van der Waals surface area contributed by atoms with Gasteiger partial charge in [0.25, 0.3) is 0 Å². The molecule has 1 heteroatoms. The van der Waals surface area contributed by atoms with Crippen molar-refractivity contribution in [2.24, 2.45) is 11.3 Å². The summed E-state index contributed by atoms with van der Waals surface area (Å²) in [5, 5.41) is 3.30. The van der Waals surface area contributed by atoms with E-state index in [-0.39, 0.29) is 0 Å². The first kappa shape index (κ1) is 12.0. The molecule has 0 aromatic carbocycles. The predicted molar refractivity (Wildman–Crippen MR) is 56.4 cm³/mol. The zero-order valence-corrected chi connectivity index (χ0v) is 9.41. The highest BCUT2D eigenvalue weighted by Gasteiger charge is 2.27. The second-order valence-corrected chi connectivity index (χ2v) is 4.23. The summed E-state index contributed by atoms with van der Waals surface area (Å²) in [6.07, 6.45) is 3.93. The Bertz CT molecular complexity index is 112. The van der Waals surface area contributed by atoms with Gasteiger partial charge < -0.3 is 5.32 Å². The highest BCUT2D eigenvalue weighted by Crippen LogP contribution is 2.33. The zero-order chi connectivity index (χ0) is 9.61. The summed E-state index contributed by atoms with van der Waals surface area (Å²) < 4.78 is 0. The lowest BCUT2D eigenvalue weighted by Crippen LogP contribution is -2.35. The van der Waals surface area contributed by atoms with Gasteiger partial charge in [0.2, 0.25) is 0 Å². The molecule has 0 aliphatic heterocycles. The maximum atomic E-state index is 3.30. The molecule has 0 heterocycles. The van der Waals surface area contributed by atoms with Crippen LogP contribution in [0.3, 0.4) is 0 Å². The van der Waals surface area contributed by atoms with Crippen molar-refractivity contribution in [1.29, 1.82) is 0 Å². The van der Waals surface area contributed by atoms with Crippen LogP contribution >= 0.6 is 0 Å². The lowest BCUT2D eigenvalue weighted by molar-refractivity contribution is 0.178. The lowest BCUT2D eigenvalue weighted by atomic mass is 9.74. The molecule has 0 saturated carbocycles. The fraction of sp³-hybridized carbons (Fsp3) is 1.00. The molecule has 0 fully saturated rings. The van der Waals surface area contributed by atoms with E-state index >= 15 is 0 Å². The average molecular weight is 171 g/mol. The van der Waals surface area contributed by atoms with Crippen LogP contribution in [-0.2, 0) is 0 Å². The van der Waals surface area contributed by atoms with Gasteiger partial charge in [-0.15, -0.1) is 0 Å². The van der Waals surface area contributed by atoms with Crippen LogP contribution in [0.4, 0.5) is 0 Å². The Kier molecular flexibility index (Phi) is 5.56. The molecule has 0 aliphatic rings. The molecule has 12 heavy (non-hydrogen) atoms. The van der Waals surface area contributed by atoms with E-state index in [2.05, 4.69) is 33.0 Å². The average Bonchev–Trinajstić information content (AvgIpc) is 2.05. The third-order valence-electron chi connectivity index (χ3n) is 3.30. The molecule has 0 spiro atoms. The summed E-state index contributed by atoms with van der Waals surface area (Å²) >= 11 is 0. The Labute approximate surface area is 77.9 Å². The summed E-state index contributed by atoms with van der Waals surface area (Å²) in [7, 11) is 2.05. The van der Waals surface area contributed by atoms with Crippen molar-refractivity contribution in [2.45, 2.75) is 47.0 Å². The highest BCUT2D eigenvalue weighted by atomic mass is 14.8. The normalized spacial score (nSPS) is 18.8. The third-order valence-corrected chi connectivity index (χ3v) is 3.30. The SMILES string of the molecule is CCCC(C)C(C)(CC)CNC. The van der Waals surface area contributed by atoms with Gasteiger partial charge in [0, 0.05) is 6.54 Å². The largest absolute Gasteiger partial charge is 0.319 e. The molecule has 1 N–H and O–H groups in total. The number of hydrogen-bond acceptors (Lipinski definition) is 1. The maximum absolute atomic E-state index is 3.30. The second-order valence-electron chi connectivity index (χ2n) is 4.23. The van der Waals surface area contributed by atoms with Gasteiger partial charge in [0.15, 0.2) is 0 Å². The van der Waals surface area contributed by atoms with Gasteiger partial charge in [-0.1, -0.05) is 40.5 Å². The highest BCUT2D eigenvalue weighted by molar-refractivity contribution is 4.80. The van der Waals surface area contributed by atoms with Crippen LogP contribution in [0.2, 0.25) is 0 Å². The zero-order valence-electron chi connectivity index (χ0n) is 9.41. The van der Waals surface area contributed by atoms with Crippen molar-refractivity contribution in [1.82, 2.24) is 5.32 Å². The lowest BCUT2D eigenvalue weighted by Gasteiger charge is -2.34. The van der Waals surface area contributed by atoms with Crippen LogP contribution in [0.1, 0.15) is 47.0 Å². The van der Waals surface area contributed by atoms with Gasteiger partial charge >= 0.3 is 0 Å². The van der Waals surface area contributed by atoms with E-state index in [1.165, 1.54) is 19.3 Å². The molecule has 0 aromatic rings. The molecular weight excluding hydrogens is 146 g/mol. The van der Waals surface area contributed by atoms with E-state index in [4.69, 9.17) is 0 Å². The molecule has 2 unspecified atom stereocenters. The van der Waals surface area contributed by atoms with Crippen molar-refractivity contribution >= 4 is 0 Å². The molecule has 0 saturated heterocycles. The fourth-order valence-corrected chi connectivity index (χ4v) is 1.83. The Morgan fingerprint density at radius 2 is 1.92 bits per heavy atom. The van der Waals surface area contributed by atoms with Gasteiger partial charge in [-0.3, -0.25) is 0 Å². The first-order valence-corrected chi connectivity index (χ1v) is 5.25. The van der Waals surface area contributed by atoms with E-state index in [1.54, 1.807) is 0 Å². The molecule has 0 aromatic heterocycles. The maximum Gasteiger partial charge on any atom is 0.000461 e. The minimum absolute atomic E-state index is 0.491. The van der Waals surface area contributed by atoms with Crippen LogP contribution in [-0.4, -0.2) is 13.6 Å². The van der Waals surface area contributed by atoms with Crippen LogP contribution < -0.4 is 5.32 Å². The van der Waals surface area contributed by atoms with Crippen LogP contribution in [0.5, 0.6) is 0 Å². The summed E-state index contributed by atoms with van der Waals surface area (Å²) in [4.78, 5) is 0. The van der Waals surface area contributed by atoms with Crippen LogP contribution in [0.25, 0.3) is 0 Å². The first-order valence-electron chi connectivity index (χ1n) is 5.25. The predicted octanol–water partition coefficient (Wildman–Crippen LogP) is 3.06. The van der Waals surface area contributed by atoms with Crippen molar-refractivity contribution in [2.75, 3.05) is 13.6 Å². The van der Waals surface area contributed by atoms with Gasteiger partial charge in [-0.2, -0.15) is 0 Å². The molecule has 0 rings (SSSR count). The number of rotatable bonds is 6. The van der Waals surface area contributed by atoms with Gasteiger partial charge in [0.05, 0.1) is 0 Å². The van der Waals surface area contributed by atoms with Gasteiger partial charge in [0.1, 0.15) is 0 Å². The summed E-state index contributed by atoms with van der Waals surface area (Å²) in [6, 6.07) is 0. The molecule has 0 amide bonds. The summed E-state index contributed by atoms with van der Waals surface area (Å²) in [6.45, 7) is 10.5. The van der Waals surface area contributed by atoms with Gasteiger partial charge in [-0.25, -0.2) is 0 Å². The Morgan fingerprint density at radius 3 is 2.25 bits per heavy atom. The van der Waals surface area contributed by atoms with Crippen LogP contribution in [0, 0.1) is 11.3 Å². The molecular formula is C11H25N. The Balaban J connectivity index is 4.08. The second kappa shape index (κ2) is 5.58. The van der Waals surface area contributed by atoms with E-state index in [9.17, 15) is 0 Å².